The number of carbonyl (C=O) groups excluding carboxylic acids is 1. The molecule has 2 N–H and O–H groups in total. The topological polar surface area (TPSA) is 41.1 Å². The monoisotopic (exact) mass is 280 g/mol. The van der Waals surface area contributed by atoms with Crippen LogP contribution in [0.1, 0.15) is 51.5 Å². The second kappa shape index (κ2) is 8.56. The van der Waals surface area contributed by atoms with Crippen LogP contribution in [0.15, 0.2) is 18.2 Å². The molecule has 20 heavy (non-hydrogen) atoms. The number of hydrogen-bond donors (Lipinski definition) is 2. The molecule has 1 rings (SSSR count). The van der Waals surface area contributed by atoms with Crippen molar-refractivity contribution in [2.75, 3.05) is 5.32 Å². The van der Waals surface area contributed by atoms with Crippen molar-refractivity contribution >= 4 is 11.7 Å². The minimum absolute atomic E-state index is 0.127. The van der Waals surface area contributed by atoms with Crippen LogP contribution in [0.2, 0.25) is 0 Å². The van der Waals surface area contributed by atoms with Gasteiger partial charge in [0.05, 0.1) is 0 Å². The highest BCUT2D eigenvalue weighted by Gasteiger charge is 2.08. The van der Waals surface area contributed by atoms with Gasteiger partial charge in [-0.3, -0.25) is 0 Å². The highest BCUT2D eigenvalue weighted by Crippen LogP contribution is 2.13. The number of nitrogens with one attached hydrogen (secondary N) is 2. The average molecular weight is 280 g/mol. The zero-order chi connectivity index (χ0) is 15.0. The summed E-state index contributed by atoms with van der Waals surface area (Å²) in [7, 11) is 0. The molecular weight excluding hydrogens is 255 g/mol. The molecule has 3 nitrogen and oxygen atoms in total. The molecule has 0 aliphatic carbocycles. The number of urea groups is 1. The predicted molar refractivity (Wildman–Crippen MR) is 81.5 cm³/mol. The van der Waals surface area contributed by atoms with E-state index in [1.165, 1.54) is 25.3 Å². The lowest BCUT2D eigenvalue weighted by atomic mass is 10.1. The van der Waals surface area contributed by atoms with E-state index in [2.05, 4.69) is 17.6 Å². The SMILES string of the molecule is CCCCCC[C@H](C)NC(=O)Nc1ccc(C)c(F)c1. The van der Waals surface area contributed by atoms with Crippen LogP contribution < -0.4 is 10.6 Å². The molecule has 0 aliphatic heterocycles. The number of hydrogen-bond acceptors (Lipinski definition) is 1. The number of carbonyl (C=O) groups is 1. The molecule has 0 aromatic heterocycles. The van der Waals surface area contributed by atoms with Crippen molar-refractivity contribution in [2.24, 2.45) is 0 Å². The molecular formula is C16H25FN2O. The van der Waals surface area contributed by atoms with Gasteiger partial charge in [-0.2, -0.15) is 0 Å². The van der Waals surface area contributed by atoms with Gasteiger partial charge in [0.2, 0.25) is 0 Å². The minimum atomic E-state index is -0.310. The van der Waals surface area contributed by atoms with Crippen LogP contribution in [0.25, 0.3) is 0 Å². The van der Waals surface area contributed by atoms with Crippen molar-refractivity contribution in [3.8, 4) is 0 Å². The summed E-state index contributed by atoms with van der Waals surface area (Å²) in [5.41, 5.74) is 1.05. The number of anilines is 1. The van der Waals surface area contributed by atoms with Gasteiger partial charge in [0.15, 0.2) is 0 Å². The van der Waals surface area contributed by atoms with Crippen LogP contribution in [0, 0.1) is 12.7 Å². The fourth-order valence-electron chi connectivity index (χ4n) is 2.01. The Labute approximate surface area is 121 Å². The van der Waals surface area contributed by atoms with Crippen LogP contribution in [0.5, 0.6) is 0 Å². The fraction of sp³-hybridized carbons (Fsp3) is 0.562. The van der Waals surface area contributed by atoms with Crippen LogP contribution in [-0.2, 0) is 0 Å². The zero-order valence-electron chi connectivity index (χ0n) is 12.6. The van der Waals surface area contributed by atoms with Gasteiger partial charge < -0.3 is 10.6 Å². The fourth-order valence-corrected chi connectivity index (χ4v) is 2.01. The summed E-state index contributed by atoms with van der Waals surface area (Å²) >= 11 is 0. The van der Waals surface area contributed by atoms with Crippen molar-refractivity contribution < 1.29 is 9.18 Å². The van der Waals surface area contributed by atoms with Crippen molar-refractivity contribution in [3.05, 3.63) is 29.6 Å². The number of halogens is 1. The molecule has 0 unspecified atom stereocenters. The van der Waals surface area contributed by atoms with E-state index in [0.717, 1.165) is 12.8 Å². The summed E-state index contributed by atoms with van der Waals surface area (Å²) in [6.45, 7) is 5.86. The first-order valence-corrected chi connectivity index (χ1v) is 7.36. The second-order valence-corrected chi connectivity index (χ2v) is 5.31. The number of amides is 2. The lowest BCUT2D eigenvalue weighted by Crippen LogP contribution is -2.36. The number of aryl methyl sites for hydroxylation is 1. The molecule has 0 spiro atoms. The summed E-state index contributed by atoms with van der Waals surface area (Å²) in [6, 6.07) is 4.53. The molecule has 1 aromatic carbocycles. The smallest absolute Gasteiger partial charge is 0.319 e. The molecule has 0 radical (unpaired) electrons. The van der Waals surface area contributed by atoms with E-state index in [-0.39, 0.29) is 17.9 Å². The van der Waals surface area contributed by atoms with Crippen LogP contribution in [0.4, 0.5) is 14.9 Å². The Morgan fingerprint density at radius 3 is 2.70 bits per heavy atom. The third kappa shape index (κ3) is 6.04. The van der Waals surface area contributed by atoms with Crippen molar-refractivity contribution in [2.45, 2.75) is 58.9 Å². The van der Waals surface area contributed by atoms with Gasteiger partial charge in [0, 0.05) is 11.7 Å². The first-order chi connectivity index (χ1) is 9.52. The lowest BCUT2D eigenvalue weighted by molar-refractivity contribution is 0.248. The van der Waals surface area contributed by atoms with Crippen molar-refractivity contribution in [3.63, 3.8) is 0 Å². The molecule has 0 aliphatic rings. The Morgan fingerprint density at radius 1 is 1.30 bits per heavy atom. The van der Waals surface area contributed by atoms with E-state index in [1.807, 2.05) is 6.92 Å². The third-order valence-electron chi connectivity index (χ3n) is 3.30. The van der Waals surface area contributed by atoms with Crippen molar-refractivity contribution in [1.29, 1.82) is 0 Å². The first kappa shape index (κ1) is 16.5. The van der Waals surface area contributed by atoms with Gasteiger partial charge in [0.1, 0.15) is 5.82 Å². The Hall–Kier alpha value is -1.58. The molecule has 2 amide bonds. The maximum Gasteiger partial charge on any atom is 0.319 e. The molecule has 0 saturated carbocycles. The predicted octanol–water partition coefficient (Wildman–Crippen LogP) is 4.61. The van der Waals surface area contributed by atoms with Crippen LogP contribution in [0.3, 0.4) is 0 Å². The first-order valence-electron chi connectivity index (χ1n) is 7.36. The molecule has 0 bridgehead atoms. The molecule has 0 heterocycles. The van der Waals surface area contributed by atoms with Gasteiger partial charge in [0.25, 0.3) is 0 Å². The van der Waals surface area contributed by atoms with E-state index in [1.54, 1.807) is 19.1 Å². The lowest BCUT2D eigenvalue weighted by Gasteiger charge is -2.14. The van der Waals surface area contributed by atoms with Gasteiger partial charge in [-0.1, -0.05) is 38.7 Å². The van der Waals surface area contributed by atoms with Gasteiger partial charge in [-0.05, 0) is 38.0 Å². The van der Waals surface area contributed by atoms with Gasteiger partial charge in [-0.15, -0.1) is 0 Å². The summed E-state index contributed by atoms with van der Waals surface area (Å²) in [4.78, 5) is 11.8. The van der Waals surface area contributed by atoms with Gasteiger partial charge >= 0.3 is 6.03 Å². The molecule has 0 fully saturated rings. The van der Waals surface area contributed by atoms with Crippen LogP contribution in [-0.4, -0.2) is 12.1 Å². The van der Waals surface area contributed by atoms with E-state index >= 15 is 0 Å². The Balaban J connectivity index is 2.33. The number of benzene rings is 1. The standard InChI is InChI=1S/C16H25FN2O/c1-4-5-6-7-8-13(3)18-16(20)19-14-10-9-12(2)15(17)11-14/h9-11,13H,4-8H2,1-3H3,(H2,18,19,20)/t13-/m0/s1. The Bertz CT molecular complexity index is 434. The molecule has 112 valence electrons. The maximum atomic E-state index is 13.4. The molecule has 1 atom stereocenters. The molecule has 1 aromatic rings. The average Bonchev–Trinajstić information content (AvgIpc) is 2.39. The zero-order valence-corrected chi connectivity index (χ0v) is 12.6. The van der Waals surface area contributed by atoms with Crippen LogP contribution >= 0.6 is 0 Å². The third-order valence-corrected chi connectivity index (χ3v) is 3.30. The molecule has 0 saturated heterocycles. The largest absolute Gasteiger partial charge is 0.335 e. The second-order valence-electron chi connectivity index (χ2n) is 5.31. The molecule has 4 heteroatoms. The maximum absolute atomic E-state index is 13.4. The highest BCUT2D eigenvalue weighted by atomic mass is 19.1. The minimum Gasteiger partial charge on any atom is -0.335 e. The van der Waals surface area contributed by atoms with E-state index in [9.17, 15) is 9.18 Å². The normalized spacial score (nSPS) is 12.0. The van der Waals surface area contributed by atoms with E-state index < -0.39 is 0 Å². The number of rotatable bonds is 7. The van der Waals surface area contributed by atoms with E-state index in [0.29, 0.717) is 11.3 Å². The van der Waals surface area contributed by atoms with Gasteiger partial charge in [-0.25, -0.2) is 9.18 Å². The Morgan fingerprint density at radius 2 is 2.05 bits per heavy atom. The summed E-state index contributed by atoms with van der Waals surface area (Å²) < 4.78 is 13.4. The van der Waals surface area contributed by atoms with Crippen molar-refractivity contribution in [1.82, 2.24) is 5.32 Å². The Kier molecular flexibility index (Phi) is 7.05. The quantitative estimate of drug-likeness (QED) is 0.703. The van der Waals surface area contributed by atoms with E-state index in [4.69, 9.17) is 0 Å². The highest BCUT2D eigenvalue weighted by molar-refractivity contribution is 5.89. The summed E-state index contributed by atoms with van der Waals surface area (Å²) in [6.07, 6.45) is 5.74. The summed E-state index contributed by atoms with van der Waals surface area (Å²) in [5, 5.41) is 5.52. The number of unbranched alkanes of at least 4 members (excludes halogenated alkanes) is 3. The summed E-state index contributed by atoms with van der Waals surface area (Å²) in [5.74, 6) is -0.310.